The SMILES string of the molecule is COC(=O)c1ccc(OC[C@@H](O)C[NH2+]C[C@@H]2CCCO2)c(OC)c1. The van der Waals surface area contributed by atoms with Crippen molar-refractivity contribution in [3.05, 3.63) is 23.8 Å². The number of methoxy groups -OCH3 is 2. The van der Waals surface area contributed by atoms with Crippen LogP contribution in [0.4, 0.5) is 0 Å². The number of carbonyl (C=O) groups is 1. The summed E-state index contributed by atoms with van der Waals surface area (Å²) in [4.78, 5) is 11.5. The molecule has 1 aromatic carbocycles. The van der Waals surface area contributed by atoms with E-state index in [1.54, 1.807) is 18.2 Å². The molecule has 7 heteroatoms. The van der Waals surface area contributed by atoms with Gasteiger partial charge in [0.15, 0.2) is 11.5 Å². The van der Waals surface area contributed by atoms with Crippen LogP contribution >= 0.6 is 0 Å². The first kappa shape index (κ1) is 18.5. The number of hydrogen-bond acceptors (Lipinski definition) is 6. The predicted molar refractivity (Wildman–Crippen MR) is 86.5 cm³/mol. The number of ether oxygens (including phenoxy) is 4. The van der Waals surface area contributed by atoms with Gasteiger partial charge >= 0.3 is 5.97 Å². The minimum atomic E-state index is -0.601. The van der Waals surface area contributed by atoms with E-state index in [0.29, 0.717) is 29.7 Å². The Labute approximate surface area is 141 Å². The number of nitrogens with two attached hydrogens (primary N) is 1. The third kappa shape index (κ3) is 5.36. The molecular formula is C17H26NO6+. The molecule has 0 spiro atoms. The Balaban J connectivity index is 1.78. The van der Waals surface area contributed by atoms with Crippen molar-refractivity contribution in [3.63, 3.8) is 0 Å². The first-order chi connectivity index (χ1) is 11.6. The molecule has 0 aliphatic carbocycles. The number of hydrogen-bond donors (Lipinski definition) is 2. The molecule has 2 atom stereocenters. The smallest absolute Gasteiger partial charge is 0.337 e. The van der Waals surface area contributed by atoms with Crippen LogP contribution in [0.15, 0.2) is 18.2 Å². The number of carbonyl (C=O) groups excluding carboxylic acids is 1. The molecule has 0 amide bonds. The highest BCUT2D eigenvalue weighted by atomic mass is 16.5. The third-order valence-corrected chi connectivity index (χ3v) is 3.91. The summed E-state index contributed by atoms with van der Waals surface area (Å²) in [5.41, 5.74) is 0.382. The summed E-state index contributed by atoms with van der Waals surface area (Å²) >= 11 is 0. The average Bonchev–Trinajstić information content (AvgIpc) is 3.12. The quantitative estimate of drug-likeness (QED) is 0.613. The first-order valence-corrected chi connectivity index (χ1v) is 8.14. The van der Waals surface area contributed by atoms with Crippen molar-refractivity contribution in [2.24, 2.45) is 0 Å². The molecule has 1 heterocycles. The number of quaternary nitrogens is 1. The van der Waals surface area contributed by atoms with E-state index in [0.717, 1.165) is 26.0 Å². The topological polar surface area (TPSA) is 90.8 Å². The molecule has 1 aromatic rings. The summed E-state index contributed by atoms with van der Waals surface area (Å²) in [5.74, 6) is 0.459. The molecule has 134 valence electrons. The molecule has 7 nitrogen and oxygen atoms in total. The first-order valence-electron chi connectivity index (χ1n) is 8.14. The van der Waals surface area contributed by atoms with Crippen LogP contribution in [0.25, 0.3) is 0 Å². The number of esters is 1. The molecule has 1 saturated heterocycles. The fraction of sp³-hybridized carbons (Fsp3) is 0.588. The Hall–Kier alpha value is -1.83. The lowest BCUT2D eigenvalue weighted by Gasteiger charge is -2.15. The van der Waals surface area contributed by atoms with Crippen molar-refractivity contribution in [2.75, 3.05) is 40.5 Å². The molecule has 0 unspecified atom stereocenters. The van der Waals surface area contributed by atoms with E-state index in [2.05, 4.69) is 4.74 Å². The van der Waals surface area contributed by atoms with Gasteiger partial charge in [0, 0.05) is 6.61 Å². The molecule has 24 heavy (non-hydrogen) atoms. The predicted octanol–water partition coefficient (Wildman–Crippen LogP) is -0.0361. The number of aliphatic hydroxyl groups is 1. The van der Waals surface area contributed by atoms with Crippen LogP contribution in [0, 0.1) is 0 Å². The van der Waals surface area contributed by atoms with Gasteiger partial charge in [-0.2, -0.15) is 0 Å². The lowest BCUT2D eigenvalue weighted by atomic mass is 10.2. The molecule has 1 fully saturated rings. The Morgan fingerprint density at radius 1 is 1.42 bits per heavy atom. The molecule has 0 radical (unpaired) electrons. The molecule has 1 aliphatic heterocycles. The second kappa shape index (κ2) is 9.46. The van der Waals surface area contributed by atoms with Gasteiger partial charge in [-0.15, -0.1) is 0 Å². The van der Waals surface area contributed by atoms with Crippen molar-refractivity contribution in [1.29, 1.82) is 0 Å². The Bertz CT molecular complexity index is 530. The highest BCUT2D eigenvalue weighted by Crippen LogP contribution is 2.28. The Morgan fingerprint density at radius 3 is 2.92 bits per heavy atom. The van der Waals surface area contributed by atoms with Crippen molar-refractivity contribution >= 4 is 5.97 Å². The van der Waals surface area contributed by atoms with Gasteiger partial charge in [0.1, 0.15) is 31.9 Å². The molecule has 1 aliphatic rings. The summed E-state index contributed by atoms with van der Waals surface area (Å²) in [5, 5.41) is 12.1. The minimum absolute atomic E-state index is 0.149. The summed E-state index contributed by atoms with van der Waals surface area (Å²) in [6, 6.07) is 4.78. The van der Waals surface area contributed by atoms with Gasteiger partial charge < -0.3 is 29.4 Å². The highest BCUT2D eigenvalue weighted by molar-refractivity contribution is 5.90. The van der Waals surface area contributed by atoms with E-state index in [9.17, 15) is 9.90 Å². The van der Waals surface area contributed by atoms with Crippen LogP contribution in [0.1, 0.15) is 23.2 Å². The lowest BCUT2D eigenvalue weighted by molar-refractivity contribution is -0.666. The monoisotopic (exact) mass is 340 g/mol. The highest BCUT2D eigenvalue weighted by Gasteiger charge is 2.18. The largest absolute Gasteiger partial charge is 0.493 e. The third-order valence-electron chi connectivity index (χ3n) is 3.91. The van der Waals surface area contributed by atoms with E-state index >= 15 is 0 Å². The van der Waals surface area contributed by atoms with Crippen LogP contribution < -0.4 is 14.8 Å². The van der Waals surface area contributed by atoms with Gasteiger partial charge in [-0.25, -0.2) is 4.79 Å². The van der Waals surface area contributed by atoms with Gasteiger partial charge in [0.05, 0.1) is 19.8 Å². The second-order valence-electron chi connectivity index (χ2n) is 5.72. The van der Waals surface area contributed by atoms with Gasteiger partial charge in [-0.1, -0.05) is 0 Å². The second-order valence-corrected chi connectivity index (χ2v) is 5.72. The van der Waals surface area contributed by atoms with Crippen LogP contribution in [-0.4, -0.2) is 63.8 Å². The Morgan fingerprint density at radius 2 is 2.25 bits per heavy atom. The summed E-state index contributed by atoms with van der Waals surface area (Å²) < 4.78 is 21.0. The van der Waals surface area contributed by atoms with E-state index in [1.165, 1.54) is 14.2 Å². The number of aliphatic hydroxyl groups excluding tert-OH is 1. The lowest BCUT2D eigenvalue weighted by Crippen LogP contribution is -2.88. The van der Waals surface area contributed by atoms with E-state index < -0.39 is 12.1 Å². The molecule has 0 bridgehead atoms. The van der Waals surface area contributed by atoms with Crippen LogP contribution in [0.3, 0.4) is 0 Å². The minimum Gasteiger partial charge on any atom is -0.493 e. The molecule has 2 rings (SSSR count). The maximum absolute atomic E-state index is 11.5. The average molecular weight is 340 g/mol. The zero-order valence-corrected chi connectivity index (χ0v) is 14.2. The van der Waals surface area contributed by atoms with E-state index in [-0.39, 0.29) is 6.61 Å². The zero-order chi connectivity index (χ0) is 17.4. The molecule has 0 saturated carbocycles. The van der Waals surface area contributed by atoms with Crippen molar-refractivity contribution in [3.8, 4) is 11.5 Å². The van der Waals surface area contributed by atoms with Gasteiger partial charge in [0.25, 0.3) is 0 Å². The summed E-state index contributed by atoms with van der Waals surface area (Å²) in [6.07, 6.45) is 1.90. The van der Waals surface area contributed by atoms with Gasteiger partial charge in [0.2, 0.25) is 0 Å². The number of benzene rings is 1. The zero-order valence-electron chi connectivity index (χ0n) is 14.2. The maximum Gasteiger partial charge on any atom is 0.337 e. The van der Waals surface area contributed by atoms with Crippen LogP contribution in [0.5, 0.6) is 11.5 Å². The maximum atomic E-state index is 11.5. The van der Waals surface area contributed by atoms with Crippen molar-refractivity contribution in [1.82, 2.24) is 0 Å². The van der Waals surface area contributed by atoms with Crippen molar-refractivity contribution < 1.29 is 34.2 Å². The molecule has 3 N–H and O–H groups in total. The normalized spacial score (nSPS) is 18.2. The fourth-order valence-electron chi connectivity index (χ4n) is 2.59. The summed E-state index contributed by atoms with van der Waals surface area (Å²) in [7, 11) is 2.82. The van der Waals surface area contributed by atoms with Crippen LogP contribution in [-0.2, 0) is 9.47 Å². The van der Waals surface area contributed by atoms with E-state index in [1.807, 2.05) is 5.32 Å². The van der Waals surface area contributed by atoms with Gasteiger partial charge in [-0.3, -0.25) is 0 Å². The fourth-order valence-corrected chi connectivity index (χ4v) is 2.59. The van der Waals surface area contributed by atoms with Crippen molar-refractivity contribution in [2.45, 2.75) is 25.0 Å². The molecular weight excluding hydrogens is 314 g/mol. The van der Waals surface area contributed by atoms with E-state index in [4.69, 9.17) is 14.2 Å². The molecule has 0 aromatic heterocycles. The van der Waals surface area contributed by atoms with Crippen LogP contribution in [0.2, 0.25) is 0 Å². The number of rotatable bonds is 9. The standard InChI is InChI=1S/C17H25NO6/c1-21-16-8-12(17(20)22-2)5-6-15(16)24-11-13(19)9-18-10-14-4-3-7-23-14/h5-6,8,13-14,18-19H,3-4,7,9-11H2,1-2H3/p+1/t13-,14-/m0/s1. The Kier molecular flexibility index (Phi) is 7.30. The summed E-state index contributed by atoms with van der Waals surface area (Å²) in [6.45, 7) is 2.39. The van der Waals surface area contributed by atoms with Gasteiger partial charge in [-0.05, 0) is 31.0 Å².